The summed E-state index contributed by atoms with van der Waals surface area (Å²) in [5.74, 6) is 0.598. The number of amides is 1. The number of aromatic nitrogens is 2. The van der Waals surface area contributed by atoms with Gasteiger partial charge in [-0.25, -0.2) is 4.79 Å². The summed E-state index contributed by atoms with van der Waals surface area (Å²) in [4.78, 5) is 14.6. The molecule has 2 saturated heterocycles. The Bertz CT molecular complexity index is 621. The topological polar surface area (TPSA) is 47.4 Å². The first-order chi connectivity index (χ1) is 11.6. The van der Waals surface area contributed by atoms with Crippen LogP contribution >= 0.6 is 15.9 Å². The molecule has 1 amide bonds. The van der Waals surface area contributed by atoms with Crippen molar-refractivity contribution < 1.29 is 9.53 Å². The van der Waals surface area contributed by atoms with Crippen molar-refractivity contribution in [3.63, 3.8) is 0 Å². The summed E-state index contributed by atoms with van der Waals surface area (Å²) in [5, 5.41) is 4.71. The van der Waals surface area contributed by atoms with Crippen LogP contribution in [0.5, 0.6) is 0 Å². The summed E-state index contributed by atoms with van der Waals surface area (Å²) in [5.41, 5.74) is 0.849. The van der Waals surface area contributed by atoms with E-state index in [1.165, 1.54) is 5.69 Å². The minimum absolute atomic E-state index is 0.150. The maximum absolute atomic E-state index is 12.6. The van der Waals surface area contributed by atoms with E-state index in [2.05, 4.69) is 40.5 Å². The van der Waals surface area contributed by atoms with Crippen molar-refractivity contribution in [2.75, 3.05) is 0 Å². The number of ether oxygens (including phenoxy) is 1. The predicted octanol–water partition coefficient (Wildman–Crippen LogP) is 4.95. The van der Waals surface area contributed by atoms with Crippen LogP contribution in [0, 0.1) is 5.92 Å². The fraction of sp³-hybridized carbons (Fsp3) is 0.789. The first-order valence-electron chi connectivity index (χ1n) is 9.39. The van der Waals surface area contributed by atoms with Gasteiger partial charge in [0.1, 0.15) is 10.2 Å². The molecule has 2 aliphatic heterocycles. The molecule has 2 fully saturated rings. The molecule has 0 spiro atoms. The lowest BCUT2D eigenvalue weighted by Crippen LogP contribution is -2.49. The van der Waals surface area contributed by atoms with Gasteiger partial charge in [-0.3, -0.25) is 4.68 Å². The molecule has 5 nitrogen and oxygen atoms in total. The minimum Gasteiger partial charge on any atom is -0.444 e. The van der Waals surface area contributed by atoms with Crippen LogP contribution in [0.3, 0.4) is 0 Å². The summed E-state index contributed by atoms with van der Waals surface area (Å²) >= 11 is 3.54. The quantitative estimate of drug-likeness (QED) is 0.706. The van der Waals surface area contributed by atoms with Gasteiger partial charge in [-0.1, -0.05) is 13.8 Å². The van der Waals surface area contributed by atoms with Crippen molar-refractivity contribution in [3.05, 3.63) is 16.4 Å². The Morgan fingerprint density at radius 2 is 1.88 bits per heavy atom. The number of hydrogen-bond acceptors (Lipinski definition) is 3. The van der Waals surface area contributed by atoms with Crippen molar-refractivity contribution in [2.24, 2.45) is 5.92 Å². The molecular weight excluding hydrogens is 382 g/mol. The highest BCUT2D eigenvalue weighted by Gasteiger charge is 2.45. The van der Waals surface area contributed by atoms with Gasteiger partial charge in [0.25, 0.3) is 0 Å². The molecule has 2 bridgehead atoms. The lowest BCUT2D eigenvalue weighted by molar-refractivity contribution is 0.00215. The summed E-state index contributed by atoms with van der Waals surface area (Å²) in [6.45, 7) is 10.3. The van der Waals surface area contributed by atoms with E-state index in [9.17, 15) is 4.79 Å². The zero-order valence-electron chi connectivity index (χ0n) is 16.0. The van der Waals surface area contributed by atoms with Crippen LogP contribution in [-0.2, 0) is 11.2 Å². The standard InChI is InChI=1S/C19H30BrN3O2/c1-12(2)8-15-11-17(20)21-23(15)16-9-13-6-7-14(10-16)22(13)18(24)25-19(3,4)5/h11-14,16H,6-10H2,1-5H3/t13-,14+,16?. The third-order valence-electron chi connectivity index (χ3n) is 5.06. The smallest absolute Gasteiger partial charge is 0.410 e. The van der Waals surface area contributed by atoms with Crippen molar-refractivity contribution in [1.82, 2.24) is 14.7 Å². The highest BCUT2D eigenvalue weighted by atomic mass is 79.9. The second-order valence-corrected chi connectivity index (χ2v) is 9.71. The van der Waals surface area contributed by atoms with Gasteiger partial charge in [0.05, 0.1) is 6.04 Å². The van der Waals surface area contributed by atoms with E-state index in [1.54, 1.807) is 0 Å². The van der Waals surface area contributed by atoms with Crippen LogP contribution < -0.4 is 0 Å². The third kappa shape index (κ3) is 4.21. The Morgan fingerprint density at radius 1 is 1.28 bits per heavy atom. The monoisotopic (exact) mass is 411 g/mol. The van der Waals surface area contributed by atoms with Crippen LogP contribution in [0.2, 0.25) is 0 Å². The van der Waals surface area contributed by atoms with Gasteiger partial charge in [0.15, 0.2) is 0 Å². The number of fused-ring (bicyclic) bond motifs is 2. The van der Waals surface area contributed by atoms with Crippen LogP contribution in [0.25, 0.3) is 0 Å². The summed E-state index contributed by atoms with van der Waals surface area (Å²) in [6, 6.07) is 3.06. The van der Waals surface area contributed by atoms with Gasteiger partial charge in [-0.05, 0) is 80.8 Å². The molecule has 0 aliphatic carbocycles. The van der Waals surface area contributed by atoms with Gasteiger partial charge in [-0.15, -0.1) is 0 Å². The normalized spacial score (nSPS) is 26.4. The average molecular weight is 412 g/mol. The Morgan fingerprint density at radius 3 is 2.40 bits per heavy atom. The van der Waals surface area contributed by atoms with Crippen LogP contribution in [0.15, 0.2) is 10.7 Å². The second-order valence-electron chi connectivity index (χ2n) is 8.90. The Hall–Kier alpha value is -1.04. The van der Waals surface area contributed by atoms with E-state index >= 15 is 0 Å². The van der Waals surface area contributed by atoms with E-state index < -0.39 is 5.60 Å². The number of rotatable bonds is 3. The molecule has 1 unspecified atom stereocenters. The number of nitrogens with zero attached hydrogens (tertiary/aromatic N) is 3. The van der Waals surface area contributed by atoms with Crippen molar-refractivity contribution in [3.8, 4) is 0 Å². The maximum atomic E-state index is 12.6. The van der Waals surface area contributed by atoms with E-state index in [0.29, 0.717) is 12.0 Å². The first-order valence-corrected chi connectivity index (χ1v) is 10.2. The largest absolute Gasteiger partial charge is 0.444 e. The zero-order chi connectivity index (χ0) is 18.4. The van der Waals surface area contributed by atoms with Gasteiger partial charge < -0.3 is 9.64 Å². The third-order valence-corrected chi connectivity index (χ3v) is 5.45. The SMILES string of the molecule is CC(C)Cc1cc(Br)nn1C1C[C@H]2CC[C@@H](C1)N2C(=O)OC(C)(C)C. The van der Waals surface area contributed by atoms with E-state index in [4.69, 9.17) is 9.84 Å². The molecule has 2 aliphatic rings. The van der Waals surface area contributed by atoms with Crippen LogP contribution in [0.1, 0.15) is 72.0 Å². The fourth-order valence-electron chi connectivity index (χ4n) is 4.25. The second kappa shape index (κ2) is 6.93. The molecule has 0 N–H and O–H groups in total. The highest BCUT2D eigenvalue weighted by molar-refractivity contribution is 9.10. The number of piperidine rings is 1. The number of carbonyl (C=O) groups excluding carboxylic acids is 1. The van der Waals surface area contributed by atoms with E-state index in [-0.39, 0.29) is 18.2 Å². The summed E-state index contributed by atoms with van der Waals surface area (Å²) < 4.78 is 8.75. The lowest BCUT2D eigenvalue weighted by Gasteiger charge is -2.40. The highest BCUT2D eigenvalue weighted by Crippen LogP contribution is 2.42. The molecule has 25 heavy (non-hydrogen) atoms. The average Bonchev–Trinajstić information content (AvgIpc) is 2.94. The molecular formula is C19H30BrN3O2. The van der Waals surface area contributed by atoms with E-state index in [0.717, 1.165) is 36.7 Å². The molecule has 1 aromatic rings. The molecule has 6 heteroatoms. The van der Waals surface area contributed by atoms with Gasteiger partial charge >= 0.3 is 6.09 Å². The Kier molecular flexibility index (Phi) is 5.20. The fourth-order valence-corrected chi connectivity index (χ4v) is 4.68. The van der Waals surface area contributed by atoms with Crippen LogP contribution in [-0.4, -0.2) is 38.5 Å². The zero-order valence-corrected chi connectivity index (χ0v) is 17.5. The number of carbonyl (C=O) groups is 1. The molecule has 140 valence electrons. The number of halogens is 1. The Labute approximate surface area is 159 Å². The molecule has 3 atom stereocenters. The summed E-state index contributed by atoms with van der Waals surface area (Å²) in [7, 11) is 0. The van der Waals surface area contributed by atoms with Gasteiger partial charge in [-0.2, -0.15) is 5.10 Å². The summed E-state index contributed by atoms with van der Waals surface area (Å²) in [6.07, 6.45) is 4.96. The predicted molar refractivity (Wildman–Crippen MR) is 102 cm³/mol. The van der Waals surface area contributed by atoms with E-state index in [1.807, 2.05) is 25.7 Å². The van der Waals surface area contributed by atoms with Crippen molar-refractivity contribution >= 4 is 22.0 Å². The Balaban J connectivity index is 1.75. The molecule has 0 radical (unpaired) electrons. The van der Waals surface area contributed by atoms with Gasteiger partial charge in [0.2, 0.25) is 0 Å². The molecule has 3 heterocycles. The maximum Gasteiger partial charge on any atom is 0.410 e. The first kappa shape index (κ1) is 18.7. The lowest BCUT2D eigenvalue weighted by atomic mass is 9.97. The molecule has 1 aromatic heterocycles. The molecule has 0 saturated carbocycles. The molecule has 0 aromatic carbocycles. The van der Waals surface area contributed by atoms with Crippen LogP contribution in [0.4, 0.5) is 4.79 Å². The minimum atomic E-state index is -0.440. The molecule has 3 rings (SSSR count). The van der Waals surface area contributed by atoms with Crippen molar-refractivity contribution in [2.45, 2.75) is 90.4 Å². The van der Waals surface area contributed by atoms with Crippen molar-refractivity contribution in [1.29, 1.82) is 0 Å². The number of hydrogen-bond donors (Lipinski definition) is 0. The van der Waals surface area contributed by atoms with Gasteiger partial charge in [0, 0.05) is 17.8 Å².